The van der Waals surface area contributed by atoms with Gasteiger partial charge in [-0.2, -0.15) is 0 Å². The summed E-state index contributed by atoms with van der Waals surface area (Å²) in [6, 6.07) is 0. The van der Waals surface area contributed by atoms with Crippen LogP contribution in [0.2, 0.25) is 0 Å². The van der Waals surface area contributed by atoms with Crippen molar-refractivity contribution in [2.75, 3.05) is 0 Å². The van der Waals surface area contributed by atoms with E-state index in [2.05, 4.69) is 46.8 Å². The van der Waals surface area contributed by atoms with Crippen LogP contribution in [0.4, 0.5) is 0 Å². The smallest absolute Gasteiger partial charge is 0.313 e. The van der Waals surface area contributed by atoms with Gasteiger partial charge in [-0.15, -0.1) is 0 Å². The number of carboxylic acid groups (broad SMARTS) is 1. The molecule has 0 radical (unpaired) electrons. The number of fused-ring (bicyclic) bond motifs is 7. The van der Waals surface area contributed by atoms with Crippen LogP contribution in [-0.2, 0) is 9.59 Å². The summed E-state index contributed by atoms with van der Waals surface area (Å²) in [5, 5.41) is 10.2. The molecule has 7 unspecified atom stereocenters. The number of hydrogen-bond donors (Lipinski definition) is 1. The summed E-state index contributed by atoms with van der Waals surface area (Å²) in [6.45, 7) is 13.9. The number of carbonyl (C=O) groups is 2. The Bertz CT molecular complexity index is 931. The van der Waals surface area contributed by atoms with Crippen molar-refractivity contribution in [2.24, 2.45) is 50.7 Å². The molecule has 0 aromatic carbocycles. The minimum absolute atomic E-state index is 0.000496. The van der Waals surface area contributed by atoms with Gasteiger partial charge in [0.25, 0.3) is 0 Å². The molecular formula is C29H42O3. The minimum Gasteiger partial charge on any atom is -0.481 e. The van der Waals surface area contributed by atoms with Gasteiger partial charge in [-0.3, -0.25) is 9.59 Å². The van der Waals surface area contributed by atoms with Crippen LogP contribution in [0.1, 0.15) is 92.9 Å². The average molecular weight is 439 g/mol. The molecule has 3 heteroatoms. The quantitative estimate of drug-likeness (QED) is 0.457. The third kappa shape index (κ3) is 2.49. The third-order valence-electron chi connectivity index (χ3n) is 12.0. The third-order valence-corrected chi connectivity index (χ3v) is 12.0. The SMILES string of the molecule is CC1CCCC2(C)CC[C@]3(C)C(=CC(=O)C4C5(C)CC=C[C@](C)(C(=O)O)C5CCC43C)C12. The molecule has 0 heterocycles. The Labute approximate surface area is 194 Å². The Morgan fingerprint density at radius 2 is 1.75 bits per heavy atom. The van der Waals surface area contributed by atoms with Crippen LogP contribution >= 0.6 is 0 Å². The van der Waals surface area contributed by atoms with Gasteiger partial charge in [0, 0.05) is 5.92 Å². The lowest BCUT2D eigenvalue weighted by Crippen LogP contribution is -2.65. The van der Waals surface area contributed by atoms with Crippen LogP contribution < -0.4 is 0 Å². The Kier molecular flexibility index (Phi) is 4.62. The molecule has 3 fully saturated rings. The number of rotatable bonds is 1. The highest BCUT2D eigenvalue weighted by Crippen LogP contribution is 2.74. The molecule has 5 aliphatic rings. The second kappa shape index (κ2) is 6.60. The Hall–Kier alpha value is -1.38. The topological polar surface area (TPSA) is 54.4 Å². The van der Waals surface area contributed by atoms with Crippen molar-refractivity contribution >= 4 is 11.8 Å². The molecule has 0 aromatic heterocycles. The van der Waals surface area contributed by atoms with Gasteiger partial charge >= 0.3 is 5.97 Å². The summed E-state index contributed by atoms with van der Waals surface area (Å²) in [4.78, 5) is 26.5. The molecule has 0 aliphatic heterocycles. The fraction of sp³-hybridized carbons (Fsp3) is 0.793. The first-order valence-corrected chi connectivity index (χ1v) is 13.0. The maximum atomic E-state index is 14.1. The normalized spacial score (nSPS) is 54.6. The Morgan fingerprint density at radius 1 is 1.03 bits per heavy atom. The highest BCUT2D eigenvalue weighted by atomic mass is 16.4. The molecule has 1 N–H and O–H groups in total. The van der Waals surface area contributed by atoms with Crippen molar-refractivity contribution in [1.29, 1.82) is 0 Å². The second-order valence-corrected chi connectivity index (χ2v) is 13.5. The van der Waals surface area contributed by atoms with Crippen LogP contribution in [0, 0.1) is 50.7 Å². The predicted octanol–water partition coefficient (Wildman–Crippen LogP) is 6.83. The van der Waals surface area contributed by atoms with E-state index < -0.39 is 11.4 Å². The Balaban J connectivity index is 1.66. The predicted molar refractivity (Wildman–Crippen MR) is 127 cm³/mol. The molecular weight excluding hydrogens is 396 g/mol. The van der Waals surface area contributed by atoms with Gasteiger partial charge < -0.3 is 5.11 Å². The minimum atomic E-state index is -0.886. The van der Waals surface area contributed by atoms with Crippen molar-refractivity contribution in [1.82, 2.24) is 0 Å². The van der Waals surface area contributed by atoms with E-state index in [0.29, 0.717) is 17.3 Å². The fourth-order valence-corrected chi connectivity index (χ4v) is 10.1. The van der Waals surface area contributed by atoms with E-state index in [0.717, 1.165) is 25.7 Å². The van der Waals surface area contributed by atoms with Gasteiger partial charge in [0.1, 0.15) is 0 Å². The van der Waals surface area contributed by atoms with Crippen molar-refractivity contribution in [3.05, 3.63) is 23.8 Å². The van der Waals surface area contributed by atoms with Gasteiger partial charge in [0.2, 0.25) is 0 Å². The van der Waals surface area contributed by atoms with Gasteiger partial charge in [-0.1, -0.05) is 65.2 Å². The van der Waals surface area contributed by atoms with E-state index in [1.165, 1.54) is 31.3 Å². The van der Waals surface area contributed by atoms with Crippen LogP contribution in [-0.4, -0.2) is 16.9 Å². The lowest BCUT2D eigenvalue weighted by Gasteiger charge is -2.69. The van der Waals surface area contributed by atoms with Gasteiger partial charge in [0.05, 0.1) is 5.41 Å². The van der Waals surface area contributed by atoms with E-state index >= 15 is 0 Å². The molecule has 9 atom stereocenters. The standard InChI is InChI=1S/C29H42O3/c1-18-9-7-11-25(2)15-16-28(5)19(22(18)25)17-20(30)23-26(3)12-8-13-27(4,24(31)32)21(26)10-14-29(23,28)6/h8,13,17-18,21-23H,7,9-12,14-16H2,1-6H3,(H,31,32)/t18?,21?,22?,23?,25?,26?,27-,28+,29?/m0/s1. The van der Waals surface area contributed by atoms with Crippen LogP contribution in [0.3, 0.4) is 0 Å². The molecule has 3 saturated carbocycles. The summed E-state index contributed by atoms with van der Waals surface area (Å²) in [5.74, 6) is 0.584. The first-order valence-electron chi connectivity index (χ1n) is 13.0. The number of aliphatic carboxylic acids is 1. The molecule has 0 aromatic rings. The lowest BCUT2D eigenvalue weighted by molar-refractivity contribution is -0.182. The van der Waals surface area contributed by atoms with Crippen LogP contribution in [0.25, 0.3) is 0 Å². The van der Waals surface area contributed by atoms with Crippen molar-refractivity contribution < 1.29 is 14.7 Å². The maximum absolute atomic E-state index is 14.1. The summed E-state index contributed by atoms with van der Waals surface area (Å²) < 4.78 is 0. The van der Waals surface area contributed by atoms with Crippen molar-refractivity contribution in [2.45, 2.75) is 92.9 Å². The number of carboxylic acids is 1. The zero-order valence-electron chi connectivity index (χ0n) is 21.0. The van der Waals surface area contributed by atoms with Gasteiger partial charge in [-0.05, 0) is 90.9 Å². The summed E-state index contributed by atoms with van der Waals surface area (Å²) >= 11 is 0. The molecule has 32 heavy (non-hydrogen) atoms. The number of ketones is 1. The number of carbonyl (C=O) groups excluding carboxylic acids is 1. The zero-order valence-corrected chi connectivity index (χ0v) is 21.0. The van der Waals surface area contributed by atoms with E-state index in [9.17, 15) is 14.7 Å². The first kappa shape index (κ1) is 22.4. The van der Waals surface area contributed by atoms with Crippen LogP contribution in [0.5, 0.6) is 0 Å². The molecule has 0 saturated heterocycles. The monoisotopic (exact) mass is 438 g/mol. The summed E-state index contributed by atoms with van der Waals surface area (Å²) in [5.41, 5.74) is 0.497. The van der Waals surface area contributed by atoms with Gasteiger partial charge in [0.15, 0.2) is 5.78 Å². The molecule has 0 bridgehead atoms. The molecule has 5 aliphatic carbocycles. The lowest BCUT2D eigenvalue weighted by atomic mass is 9.34. The number of allylic oxidation sites excluding steroid dienone is 3. The maximum Gasteiger partial charge on any atom is 0.313 e. The molecule has 3 nitrogen and oxygen atoms in total. The largest absolute Gasteiger partial charge is 0.481 e. The fourth-order valence-electron chi connectivity index (χ4n) is 10.1. The summed E-state index contributed by atoms with van der Waals surface area (Å²) in [6.07, 6.45) is 15.0. The highest BCUT2D eigenvalue weighted by molar-refractivity contribution is 5.96. The van der Waals surface area contributed by atoms with Gasteiger partial charge in [-0.25, -0.2) is 0 Å². The zero-order chi connectivity index (χ0) is 23.3. The van der Waals surface area contributed by atoms with E-state index in [-0.39, 0.29) is 33.9 Å². The Morgan fingerprint density at radius 3 is 2.44 bits per heavy atom. The molecule has 0 spiro atoms. The van der Waals surface area contributed by atoms with E-state index in [4.69, 9.17) is 0 Å². The van der Waals surface area contributed by atoms with E-state index in [1.807, 2.05) is 13.0 Å². The first-order chi connectivity index (χ1) is 14.8. The average Bonchev–Trinajstić information content (AvgIpc) is 2.69. The number of hydrogen-bond acceptors (Lipinski definition) is 2. The van der Waals surface area contributed by atoms with E-state index in [1.54, 1.807) is 0 Å². The highest BCUT2D eigenvalue weighted by Gasteiger charge is 2.69. The molecule has 5 rings (SSSR count). The molecule has 176 valence electrons. The molecule has 0 amide bonds. The summed E-state index contributed by atoms with van der Waals surface area (Å²) in [7, 11) is 0. The second-order valence-electron chi connectivity index (χ2n) is 13.5. The van der Waals surface area contributed by atoms with Crippen molar-refractivity contribution in [3.8, 4) is 0 Å². The van der Waals surface area contributed by atoms with Crippen molar-refractivity contribution in [3.63, 3.8) is 0 Å². The van der Waals surface area contributed by atoms with Crippen LogP contribution in [0.15, 0.2) is 23.8 Å².